The first-order valence-corrected chi connectivity index (χ1v) is 15.3. The van der Waals surface area contributed by atoms with Crippen molar-refractivity contribution >= 4 is 35.5 Å². The number of hydrogen-bond donors (Lipinski definition) is 3. The van der Waals surface area contributed by atoms with Gasteiger partial charge < -0.3 is 30.2 Å². The Hall–Kier alpha value is -3.40. The number of nitrogens with one attached hydrogen (secondary N) is 3. The monoisotopic (exact) mass is 611 g/mol. The van der Waals surface area contributed by atoms with Crippen molar-refractivity contribution in [3.8, 4) is 5.75 Å². The number of hydrogen-bond acceptors (Lipinski definition) is 8. The lowest BCUT2D eigenvalue weighted by atomic mass is 9.83. The molecule has 3 N–H and O–H groups in total. The molecule has 0 saturated carbocycles. The highest BCUT2D eigenvalue weighted by Gasteiger charge is 2.40. The molecule has 2 aliphatic rings. The first kappa shape index (κ1) is 32.5. The lowest BCUT2D eigenvalue weighted by Gasteiger charge is -2.39. The van der Waals surface area contributed by atoms with Gasteiger partial charge in [-0.2, -0.15) is 0 Å². The summed E-state index contributed by atoms with van der Waals surface area (Å²) in [5.41, 5.74) is -1.03. The van der Waals surface area contributed by atoms with Crippen LogP contribution < -0.4 is 20.7 Å². The Bertz CT molecular complexity index is 1300. The van der Waals surface area contributed by atoms with Gasteiger partial charge in [-0.3, -0.25) is 4.79 Å². The van der Waals surface area contributed by atoms with Gasteiger partial charge in [-0.15, -0.1) is 0 Å². The van der Waals surface area contributed by atoms with Crippen LogP contribution in [-0.2, 0) is 19.1 Å². The molecular formula is C33H42ClN3O6. The molecule has 9 nitrogen and oxygen atoms in total. The van der Waals surface area contributed by atoms with Crippen LogP contribution in [0.25, 0.3) is 6.08 Å². The molecule has 2 fully saturated rings. The molecule has 2 aliphatic heterocycles. The van der Waals surface area contributed by atoms with Crippen molar-refractivity contribution in [2.45, 2.75) is 57.8 Å². The number of ether oxygens (including phenoxy) is 3. The number of amides is 1. The van der Waals surface area contributed by atoms with Crippen LogP contribution in [0.5, 0.6) is 5.75 Å². The Kier molecular flexibility index (Phi) is 11.2. The van der Waals surface area contributed by atoms with Gasteiger partial charge in [0.2, 0.25) is 0 Å². The van der Waals surface area contributed by atoms with Crippen LogP contribution in [0.15, 0.2) is 54.6 Å². The standard InChI is InChI=1S/C33H42ClN3O6/c1-32(2,24-14-18-35-19-15-24)42-30(39)22-41-28-11-7-5-9-26(28)31(40)37-33(3,25-16-20-36-21-17-25)43-29(38)13-12-23-8-4-6-10-27(23)34/h4-13,24-25,35-36H,14-22H2,1-3H3,(H,37,40)/b13-12+. The first-order chi connectivity index (χ1) is 20.6. The van der Waals surface area contributed by atoms with E-state index in [4.69, 9.17) is 25.8 Å². The van der Waals surface area contributed by atoms with E-state index in [9.17, 15) is 14.4 Å². The van der Waals surface area contributed by atoms with Gasteiger partial charge in [0.05, 0.1) is 5.56 Å². The third kappa shape index (κ3) is 9.05. The van der Waals surface area contributed by atoms with Crippen molar-refractivity contribution in [3.05, 3.63) is 70.8 Å². The molecule has 0 radical (unpaired) electrons. The highest BCUT2D eigenvalue weighted by Crippen LogP contribution is 2.31. The Morgan fingerprint density at radius 1 is 0.884 bits per heavy atom. The van der Waals surface area contributed by atoms with Crippen LogP contribution in [0, 0.1) is 11.8 Å². The molecule has 2 heterocycles. The molecule has 1 atom stereocenters. The predicted molar refractivity (Wildman–Crippen MR) is 166 cm³/mol. The van der Waals surface area contributed by atoms with E-state index in [1.54, 1.807) is 49.4 Å². The van der Waals surface area contributed by atoms with E-state index in [0.717, 1.165) is 39.0 Å². The van der Waals surface area contributed by atoms with Crippen molar-refractivity contribution in [1.29, 1.82) is 0 Å². The summed E-state index contributed by atoms with van der Waals surface area (Å²) in [5, 5.41) is 10.1. The van der Waals surface area contributed by atoms with Gasteiger partial charge in [0.1, 0.15) is 11.4 Å². The molecule has 43 heavy (non-hydrogen) atoms. The minimum Gasteiger partial charge on any atom is -0.481 e. The van der Waals surface area contributed by atoms with Crippen molar-refractivity contribution in [1.82, 2.24) is 16.0 Å². The fourth-order valence-corrected chi connectivity index (χ4v) is 5.93. The highest BCUT2D eigenvalue weighted by molar-refractivity contribution is 6.32. The highest BCUT2D eigenvalue weighted by atomic mass is 35.5. The Morgan fingerprint density at radius 2 is 1.49 bits per heavy atom. The molecule has 2 aromatic rings. The Morgan fingerprint density at radius 3 is 2.16 bits per heavy atom. The molecule has 10 heteroatoms. The molecule has 1 amide bonds. The quantitative estimate of drug-likeness (QED) is 0.190. The molecule has 0 aromatic heterocycles. The lowest BCUT2D eigenvalue weighted by molar-refractivity contribution is -0.165. The molecule has 4 rings (SSSR count). The average molecular weight is 612 g/mol. The number of rotatable bonds is 11. The largest absolute Gasteiger partial charge is 0.481 e. The number of carbonyl (C=O) groups is 3. The van der Waals surface area contributed by atoms with Crippen molar-refractivity contribution in [2.24, 2.45) is 11.8 Å². The number of para-hydroxylation sites is 1. The summed E-state index contributed by atoms with van der Waals surface area (Å²) in [7, 11) is 0. The topological polar surface area (TPSA) is 115 Å². The van der Waals surface area contributed by atoms with E-state index in [1.807, 2.05) is 26.0 Å². The second-order valence-electron chi connectivity index (χ2n) is 11.7. The number of halogens is 1. The molecule has 0 aliphatic carbocycles. The predicted octanol–water partition coefficient (Wildman–Crippen LogP) is 4.74. The Balaban J connectivity index is 1.44. The normalized spacial score (nSPS) is 18.0. The summed E-state index contributed by atoms with van der Waals surface area (Å²) in [6.07, 6.45) is 6.16. The zero-order chi connectivity index (χ0) is 30.9. The zero-order valence-electron chi connectivity index (χ0n) is 25.1. The van der Waals surface area contributed by atoms with Gasteiger partial charge in [-0.05, 0) is 102 Å². The van der Waals surface area contributed by atoms with Crippen molar-refractivity contribution < 1.29 is 28.6 Å². The average Bonchev–Trinajstić information content (AvgIpc) is 3.00. The maximum Gasteiger partial charge on any atom is 0.344 e. The number of piperidine rings is 2. The number of benzene rings is 2. The van der Waals surface area contributed by atoms with Crippen LogP contribution in [0.3, 0.4) is 0 Å². The molecule has 232 valence electrons. The van der Waals surface area contributed by atoms with E-state index in [1.165, 1.54) is 6.08 Å². The maximum atomic E-state index is 13.7. The SMILES string of the molecule is CC(C)(OC(=O)COc1ccccc1C(=O)NC(C)(OC(=O)/C=C/c1ccccc1Cl)C1CCNCC1)C1CCNCC1. The second-order valence-corrected chi connectivity index (χ2v) is 12.2. The maximum absolute atomic E-state index is 13.7. The van der Waals surface area contributed by atoms with Gasteiger partial charge in [0.25, 0.3) is 5.91 Å². The van der Waals surface area contributed by atoms with Crippen molar-refractivity contribution in [2.75, 3.05) is 32.8 Å². The molecule has 2 aromatic carbocycles. The summed E-state index contributed by atoms with van der Waals surface area (Å²) in [4.78, 5) is 39.4. The van der Waals surface area contributed by atoms with Crippen LogP contribution in [0.2, 0.25) is 5.02 Å². The Labute approximate surface area is 258 Å². The van der Waals surface area contributed by atoms with E-state index < -0.39 is 29.2 Å². The first-order valence-electron chi connectivity index (χ1n) is 14.9. The minimum atomic E-state index is -1.30. The van der Waals surface area contributed by atoms with Crippen LogP contribution >= 0.6 is 11.6 Å². The third-order valence-corrected chi connectivity index (χ3v) is 8.62. The second kappa shape index (κ2) is 14.9. The summed E-state index contributed by atoms with van der Waals surface area (Å²) in [6, 6.07) is 13.8. The van der Waals surface area contributed by atoms with Gasteiger partial charge in [-0.1, -0.05) is 41.9 Å². The van der Waals surface area contributed by atoms with E-state index in [2.05, 4.69) is 16.0 Å². The van der Waals surface area contributed by atoms with Crippen LogP contribution in [0.4, 0.5) is 0 Å². The molecule has 1 unspecified atom stereocenters. The van der Waals surface area contributed by atoms with E-state index >= 15 is 0 Å². The number of carbonyl (C=O) groups excluding carboxylic acids is 3. The van der Waals surface area contributed by atoms with E-state index in [0.29, 0.717) is 23.4 Å². The smallest absolute Gasteiger partial charge is 0.344 e. The third-order valence-electron chi connectivity index (χ3n) is 8.27. The molecule has 0 bridgehead atoms. The van der Waals surface area contributed by atoms with Gasteiger partial charge in [0.15, 0.2) is 12.3 Å². The van der Waals surface area contributed by atoms with Gasteiger partial charge >= 0.3 is 11.9 Å². The zero-order valence-corrected chi connectivity index (χ0v) is 25.9. The van der Waals surface area contributed by atoms with E-state index in [-0.39, 0.29) is 29.8 Å². The summed E-state index contributed by atoms with van der Waals surface area (Å²) in [5.74, 6) is -1.24. The number of esters is 2. The molecule has 2 saturated heterocycles. The summed E-state index contributed by atoms with van der Waals surface area (Å²) in [6.45, 7) is 8.49. The molecule has 0 spiro atoms. The van der Waals surface area contributed by atoms with Gasteiger partial charge in [-0.25, -0.2) is 9.59 Å². The van der Waals surface area contributed by atoms with Crippen molar-refractivity contribution in [3.63, 3.8) is 0 Å². The van der Waals surface area contributed by atoms with Gasteiger partial charge in [0, 0.05) is 22.9 Å². The fraction of sp³-hybridized carbons (Fsp3) is 0.485. The minimum absolute atomic E-state index is 0.129. The lowest BCUT2D eigenvalue weighted by Crippen LogP contribution is -2.56. The molecular weight excluding hydrogens is 570 g/mol. The summed E-state index contributed by atoms with van der Waals surface area (Å²) >= 11 is 6.22. The van der Waals surface area contributed by atoms with Crippen LogP contribution in [0.1, 0.15) is 62.4 Å². The van der Waals surface area contributed by atoms with Crippen LogP contribution in [-0.4, -0.2) is 62.0 Å². The fourth-order valence-electron chi connectivity index (χ4n) is 5.73. The summed E-state index contributed by atoms with van der Waals surface area (Å²) < 4.78 is 17.5.